The van der Waals surface area contributed by atoms with Crippen molar-refractivity contribution in [1.29, 1.82) is 0 Å². The molecule has 1 amide bonds. The Morgan fingerprint density at radius 3 is 2.62 bits per heavy atom. The van der Waals surface area contributed by atoms with Crippen LogP contribution in [0.1, 0.15) is 35.1 Å². The molecule has 132 valence electrons. The SMILES string of the molecule is COc1ccc(C(=O)N2CCCC2c2nnc(-c3ccccc3)o2)cc1. The monoisotopic (exact) mass is 349 g/mol. The Morgan fingerprint density at radius 1 is 1.12 bits per heavy atom. The Hall–Kier alpha value is -3.15. The number of benzene rings is 2. The molecule has 1 saturated heterocycles. The number of amides is 1. The molecule has 26 heavy (non-hydrogen) atoms. The van der Waals surface area contributed by atoms with Gasteiger partial charge in [-0.05, 0) is 49.2 Å². The number of likely N-dealkylation sites (tertiary alicyclic amines) is 1. The second-order valence-corrected chi connectivity index (χ2v) is 6.20. The van der Waals surface area contributed by atoms with Gasteiger partial charge in [0.25, 0.3) is 5.91 Å². The van der Waals surface area contributed by atoms with Crippen LogP contribution < -0.4 is 4.74 Å². The van der Waals surface area contributed by atoms with Gasteiger partial charge < -0.3 is 14.1 Å². The van der Waals surface area contributed by atoms with Gasteiger partial charge in [-0.3, -0.25) is 4.79 Å². The van der Waals surface area contributed by atoms with E-state index in [2.05, 4.69) is 10.2 Å². The molecule has 6 heteroatoms. The molecule has 1 aliphatic rings. The second kappa shape index (κ2) is 7.00. The van der Waals surface area contributed by atoms with E-state index >= 15 is 0 Å². The van der Waals surface area contributed by atoms with Crippen LogP contribution in [0, 0.1) is 0 Å². The number of rotatable bonds is 4. The summed E-state index contributed by atoms with van der Waals surface area (Å²) in [6.07, 6.45) is 1.73. The summed E-state index contributed by atoms with van der Waals surface area (Å²) >= 11 is 0. The fourth-order valence-corrected chi connectivity index (χ4v) is 3.23. The predicted octanol–water partition coefficient (Wildman–Crippen LogP) is 3.72. The minimum absolute atomic E-state index is 0.0328. The molecule has 4 rings (SSSR count). The molecule has 6 nitrogen and oxygen atoms in total. The molecule has 0 saturated carbocycles. The van der Waals surface area contributed by atoms with Gasteiger partial charge in [-0.15, -0.1) is 10.2 Å². The quantitative estimate of drug-likeness (QED) is 0.718. The Labute approximate surface area is 151 Å². The highest BCUT2D eigenvalue weighted by Gasteiger charge is 2.34. The normalized spacial score (nSPS) is 16.7. The highest BCUT2D eigenvalue weighted by atomic mass is 16.5. The molecule has 1 fully saturated rings. The number of hydrogen-bond acceptors (Lipinski definition) is 5. The van der Waals surface area contributed by atoms with Gasteiger partial charge in [-0.2, -0.15) is 0 Å². The van der Waals surface area contributed by atoms with Crippen LogP contribution in [0.5, 0.6) is 5.75 Å². The van der Waals surface area contributed by atoms with E-state index in [1.54, 1.807) is 31.4 Å². The summed E-state index contributed by atoms with van der Waals surface area (Å²) in [5, 5.41) is 8.35. The van der Waals surface area contributed by atoms with Gasteiger partial charge >= 0.3 is 0 Å². The summed E-state index contributed by atoms with van der Waals surface area (Å²) in [4.78, 5) is 14.7. The van der Waals surface area contributed by atoms with Gasteiger partial charge in [0, 0.05) is 17.7 Å². The van der Waals surface area contributed by atoms with Crippen molar-refractivity contribution < 1.29 is 13.9 Å². The van der Waals surface area contributed by atoms with E-state index in [1.807, 2.05) is 35.2 Å². The zero-order chi connectivity index (χ0) is 17.9. The van der Waals surface area contributed by atoms with Gasteiger partial charge in [0.15, 0.2) is 0 Å². The predicted molar refractivity (Wildman–Crippen MR) is 95.7 cm³/mol. The number of nitrogens with zero attached hydrogens (tertiary/aromatic N) is 3. The van der Waals surface area contributed by atoms with Crippen LogP contribution in [0.4, 0.5) is 0 Å². The fourth-order valence-electron chi connectivity index (χ4n) is 3.23. The summed E-state index contributed by atoms with van der Waals surface area (Å²) in [6, 6.07) is 16.6. The zero-order valence-corrected chi connectivity index (χ0v) is 14.5. The summed E-state index contributed by atoms with van der Waals surface area (Å²) in [5.41, 5.74) is 1.50. The Morgan fingerprint density at radius 2 is 1.88 bits per heavy atom. The highest BCUT2D eigenvalue weighted by Crippen LogP contribution is 2.33. The molecule has 2 aromatic carbocycles. The van der Waals surface area contributed by atoms with Crippen LogP contribution in [0.15, 0.2) is 59.0 Å². The number of carbonyl (C=O) groups is 1. The smallest absolute Gasteiger partial charge is 0.254 e. The molecule has 3 aromatic rings. The summed E-state index contributed by atoms with van der Waals surface area (Å²) in [6.45, 7) is 0.679. The maximum Gasteiger partial charge on any atom is 0.254 e. The van der Waals surface area contributed by atoms with Gasteiger partial charge in [-0.25, -0.2) is 0 Å². The molecule has 1 aliphatic heterocycles. The first kappa shape index (κ1) is 16.3. The minimum atomic E-state index is -0.186. The number of methoxy groups -OCH3 is 1. The van der Waals surface area contributed by atoms with Crippen molar-refractivity contribution in [3.8, 4) is 17.2 Å². The maximum absolute atomic E-state index is 12.9. The highest BCUT2D eigenvalue weighted by molar-refractivity contribution is 5.94. The fraction of sp³-hybridized carbons (Fsp3) is 0.250. The molecule has 0 bridgehead atoms. The molecule has 0 spiro atoms. The first-order valence-corrected chi connectivity index (χ1v) is 8.60. The van der Waals surface area contributed by atoms with Crippen LogP contribution in [0.25, 0.3) is 11.5 Å². The van der Waals surface area contributed by atoms with Crippen molar-refractivity contribution in [2.24, 2.45) is 0 Å². The maximum atomic E-state index is 12.9. The lowest BCUT2D eigenvalue weighted by atomic mass is 10.1. The van der Waals surface area contributed by atoms with E-state index in [0.717, 1.165) is 24.2 Å². The topological polar surface area (TPSA) is 68.5 Å². The van der Waals surface area contributed by atoms with Crippen molar-refractivity contribution in [3.05, 3.63) is 66.1 Å². The van der Waals surface area contributed by atoms with Crippen molar-refractivity contribution in [2.75, 3.05) is 13.7 Å². The van der Waals surface area contributed by atoms with Gasteiger partial charge in [-0.1, -0.05) is 18.2 Å². The van der Waals surface area contributed by atoms with Crippen molar-refractivity contribution >= 4 is 5.91 Å². The molecule has 1 aromatic heterocycles. The average Bonchev–Trinajstić information content (AvgIpc) is 3.37. The van der Waals surface area contributed by atoms with E-state index in [0.29, 0.717) is 23.9 Å². The van der Waals surface area contributed by atoms with Gasteiger partial charge in [0.05, 0.1) is 7.11 Å². The first-order chi connectivity index (χ1) is 12.8. The number of carbonyl (C=O) groups excluding carboxylic acids is 1. The van der Waals surface area contributed by atoms with E-state index in [-0.39, 0.29) is 11.9 Å². The Balaban J connectivity index is 1.56. The Kier molecular flexibility index (Phi) is 4.39. The standard InChI is InChI=1S/C20H19N3O3/c1-25-16-11-9-15(10-12-16)20(24)23-13-5-8-17(23)19-22-21-18(26-19)14-6-3-2-4-7-14/h2-4,6-7,9-12,17H,5,8,13H2,1H3. The lowest BCUT2D eigenvalue weighted by molar-refractivity contribution is 0.0716. The van der Waals surface area contributed by atoms with Crippen LogP contribution in [-0.4, -0.2) is 34.7 Å². The van der Waals surface area contributed by atoms with Crippen LogP contribution in [0.2, 0.25) is 0 Å². The molecular formula is C20H19N3O3. The second-order valence-electron chi connectivity index (χ2n) is 6.20. The van der Waals surface area contributed by atoms with E-state index < -0.39 is 0 Å². The first-order valence-electron chi connectivity index (χ1n) is 8.60. The minimum Gasteiger partial charge on any atom is -0.497 e. The van der Waals surface area contributed by atoms with E-state index in [1.165, 1.54) is 0 Å². The van der Waals surface area contributed by atoms with Crippen molar-refractivity contribution in [1.82, 2.24) is 15.1 Å². The third-order valence-electron chi connectivity index (χ3n) is 4.60. The Bertz CT molecular complexity index is 890. The summed E-state index contributed by atoms with van der Waals surface area (Å²) < 4.78 is 11.0. The molecule has 0 aliphatic carbocycles. The van der Waals surface area contributed by atoms with Crippen LogP contribution in [-0.2, 0) is 0 Å². The lowest BCUT2D eigenvalue weighted by Crippen LogP contribution is -2.30. The largest absolute Gasteiger partial charge is 0.497 e. The van der Waals surface area contributed by atoms with Crippen molar-refractivity contribution in [3.63, 3.8) is 0 Å². The molecule has 1 unspecified atom stereocenters. The summed E-state index contributed by atoms with van der Waals surface area (Å²) in [5.74, 6) is 1.66. The molecular weight excluding hydrogens is 330 g/mol. The third-order valence-corrected chi connectivity index (χ3v) is 4.60. The number of aromatic nitrogens is 2. The number of ether oxygens (including phenoxy) is 1. The van der Waals surface area contributed by atoms with Crippen LogP contribution >= 0.6 is 0 Å². The molecule has 0 radical (unpaired) electrons. The molecule has 1 atom stereocenters. The van der Waals surface area contributed by atoms with Crippen molar-refractivity contribution in [2.45, 2.75) is 18.9 Å². The summed E-state index contributed by atoms with van der Waals surface area (Å²) in [7, 11) is 1.60. The molecule has 0 N–H and O–H groups in total. The van der Waals surface area contributed by atoms with Gasteiger partial charge in [0.2, 0.25) is 11.8 Å². The van der Waals surface area contributed by atoms with E-state index in [9.17, 15) is 4.79 Å². The van der Waals surface area contributed by atoms with Crippen LogP contribution in [0.3, 0.4) is 0 Å². The van der Waals surface area contributed by atoms with Gasteiger partial charge in [0.1, 0.15) is 11.8 Å². The lowest BCUT2D eigenvalue weighted by Gasteiger charge is -2.22. The molecule has 2 heterocycles. The average molecular weight is 349 g/mol. The van der Waals surface area contributed by atoms with E-state index in [4.69, 9.17) is 9.15 Å². The zero-order valence-electron chi connectivity index (χ0n) is 14.5. The third kappa shape index (κ3) is 3.06. The number of hydrogen-bond donors (Lipinski definition) is 0.